The van der Waals surface area contributed by atoms with Crippen LogP contribution in [0.2, 0.25) is 0 Å². The first-order chi connectivity index (χ1) is 17.4. The van der Waals surface area contributed by atoms with E-state index in [-0.39, 0.29) is 30.0 Å². The van der Waals surface area contributed by atoms with Crippen molar-refractivity contribution in [2.75, 3.05) is 16.8 Å². The van der Waals surface area contributed by atoms with Crippen molar-refractivity contribution in [3.8, 4) is 0 Å². The Hall–Kier alpha value is -3.81. The van der Waals surface area contributed by atoms with Crippen LogP contribution in [0.15, 0.2) is 66.9 Å². The van der Waals surface area contributed by atoms with Gasteiger partial charge in [0.15, 0.2) is 0 Å². The summed E-state index contributed by atoms with van der Waals surface area (Å²) >= 11 is 0. The zero-order valence-corrected chi connectivity index (χ0v) is 20.2. The molecule has 0 bridgehead atoms. The third kappa shape index (κ3) is 6.24. The van der Waals surface area contributed by atoms with Gasteiger partial charge >= 0.3 is 0 Å². The zero-order chi connectivity index (χ0) is 25.5. The van der Waals surface area contributed by atoms with Crippen molar-refractivity contribution in [3.63, 3.8) is 0 Å². The van der Waals surface area contributed by atoms with E-state index in [2.05, 4.69) is 15.6 Å². The van der Waals surface area contributed by atoms with E-state index in [0.29, 0.717) is 5.56 Å². The molecule has 2 amide bonds. The van der Waals surface area contributed by atoms with Crippen LogP contribution in [0.25, 0.3) is 0 Å². The second-order valence-corrected chi connectivity index (χ2v) is 9.06. The molecule has 188 valence electrons. The van der Waals surface area contributed by atoms with Gasteiger partial charge in [-0.25, -0.2) is 13.8 Å². The summed E-state index contributed by atoms with van der Waals surface area (Å²) in [7, 11) is 0. The molecule has 2 N–H and O–H groups in total. The maximum Gasteiger partial charge on any atom is 0.248 e. The van der Waals surface area contributed by atoms with Crippen molar-refractivity contribution < 1.29 is 18.4 Å². The SMILES string of the molecule is Cc1ccccc1C(C(=O)NC1CCCCC1)N(C(=O)CNc1cc(F)ccn1)c1cccc(F)c1. The topological polar surface area (TPSA) is 74.3 Å². The van der Waals surface area contributed by atoms with Crippen molar-refractivity contribution in [3.05, 3.63) is 89.6 Å². The molecule has 1 fully saturated rings. The van der Waals surface area contributed by atoms with E-state index in [4.69, 9.17) is 0 Å². The quantitative estimate of drug-likeness (QED) is 0.447. The maximum absolute atomic E-state index is 14.3. The molecular formula is C28H30F2N4O2. The van der Waals surface area contributed by atoms with Crippen molar-refractivity contribution in [1.29, 1.82) is 0 Å². The van der Waals surface area contributed by atoms with Gasteiger partial charge in [0, 0.05) is 24.0 Å². The Kier molecular flexibility index (Phi) is 8.25. The molecule has 1 saturated carbocycles. The molecule has 1 heterocycles. The van der Waals surface area contributed by atoms with Crippen molar-refractivity contribution >= 4 is 23.3 Å². The second-order valence-electron chi connectivity index (χ2n) is 9.06. The summed E-state index contributed by atoms with van der Waals surface area (Å²) in [6, 6.07) is 14.4. The molecule has 8 heteroatoms. The van der Waals surface area contributed by atoms with E-state index >= 15 is 0 Å². The first-order valence-electron chi connectivity index (χ1n) is 12.2. The average molecular weight is 493 g/mol. The van der Waals surface area contributed by atoms with Gasteiger partial charge in [-0.2, -0.15) is 0 Å². The highest BCUT2D eigenvalue weighted by Gasteiger charge is 2.35. The fourth-order valence-electron chi connectivity index (χ4n) is 4.63. The summed E-state index contributed by atoms with van der Waals surface area (Å²) in [6.45, 7) is 1.60. The largest absolute Gasteiger partial charge is 0.361 e. The standard InChI is InChI=1S/C28H30F2N4O2/c1-19-8-5-6-13-24(19)27(28(36)33-22-10-3-2-4-11-22)34(23-12-7-9-20(29)16-23)26(35)18-32-25-17-21(30)14-15-31-25/h5-9,12-17,22,27H,2-4,10-11,18H2,1H3,(H,31,32)(H,33,36). The van der Waals surface area contributed by atoms with Crippen LogP contribution in [-0.2, 0) is 9.59 Å². The molecular weight excluding hydrogens is 462 g/mol. The van der Waals surface area contributed by atoms with Crippen molar-refractivity contribution in [1.82, 2.24) is 10.3 Å². The van der Waals surface area contributed by atoms with E-state index in [1.165, 1.54) is 41.4 Å². The lowest BCUT2D eigenvalue weighted by Crippen LogP contribution is -2.49. The van der Waals surface area contributed by atoms with Gasteiger partial charge in [-0.3, -0.25) is 14.5 Å². The van der Waals surface area contributed by atoms with Crippen LogP contribution in [0.1, 0.15) is 49.3 Å². The molecule has 0 aliphatic heterocycles. The van der Waals surface area contributed by atoms with Gasteiger partial charge in [-0.15, -0.1) is 0 Å². The van der Waals surface area contributed by atoms with E-state index in [1.807, 2.05) is 31.2 Å². The Labute approximate surface area is 209 Å². The fraction of sp³-hybridized carbons (Fsp3) is 0.321. The third-order valence-corrected chi connectivity index (χ3v) is 6.44. The second kappa shape index (κ2) is 11.7. The summed E-state index contributed by atoms with van der Waals surface area (Å²) < 4.78 is 27.9. The monoisotopic (exact) mass is 492 g/mol. The van der Waals surface area contributed by atoms with Crippen LogP contribution in [0, 0.1) is 18.6 Å². The summed E-state index contributed by atoms with van der Waals surface area (Å²) in [5.41, 5.74) is 1.73. The number of nitrogens with zero attached hydrogens (tertiary/aromatic N) is 2. The molecule has 1 atom stereocenters. The number of nitrogens with one attached hydrogen (secondary N) is 2. The first kappa shape index (κ1) is 25.3. The van der Waals surface area contributed by atoms with Crippen molar-refractivity contribution in [2.24, 2.45) is 0 Å². The zero-order valence-electron chi connectivity index (χ0n) is 20.2. The maximum atomic E-state index is 14.3. The summed E-state index contributed by atoms with van der Waals surface area (Å²) in [5, 5.41) is 5.96. The normalized spacial score (nSPS) is 14.6. The average Bonchev–Trinajstić information content (AvgIpc) is 2.87. The number of amides is 2. The summed E-state index contributed by atoms with van der Waals surface area (Å²) in [5.74, 6) is -1.65. The number of aryl methyl sites for hydroxylation is 1. The number of hydrogen-bond donors (Lipinski definition) is 2. The highest BCUT2D eigenvalue weighted by atomic mass is 19.1. The minimum atomic E-state index is -1.02. The Morgan fingerprint density at radius 2 is 1.75 bits per heavy atom. The van der Waals surface area contributed by atoms with Crippen molar-refractivity contribution in [2.45, 2.75) is 51.1 Å². The molecule has 2 aromatic carbocycles. The third-order valence-electron chi connectivity index (χ3n) is 6.44. The molecule has 1 aliphatic rings. The van der Waals surface area contributed by atoms with E-state index in [1.54, 1.807) is 6.07 Å². The molecule has 0 saturated heterocycles. The number of pyridine rings is 1. The molecule has 1 unspecified atom stereocenters. The molecule has 6 nitrogen and oxygen atoms in total. The number of carbonyl (C=O) groups is 2. The van der Waals surface area contributed by atoms with E-state index < -0.39 is 23.6 Å². The molecule has 0 radical (unpaired) electrons. The molecule has 3 aromatic rings. The number of halogens is 2. The minimum absolute atomic E-state index is 0.0249. The summed E-state index contributed by atoms with van der Waals surface area (Å²) in [4.78, 5) is 32.8. The van der Waals surface area contributed by atoms with Crippen LogP contribution in [-0.4, -0.2) is 29.4 Å². The van der Waals surface area contributed by atoms with Crippen LogP contribution >= 0.6 is 0 Å². The molecule has 1 aromatic heterocycles. The lowest BCUT2D eigenvalue weighted by Gasteiger charge is -2.34. The van der Waals surface area contributed by atoms with Crippen LogP contribution in [0.3, 0.4) is 0 Å². The molecule has 1 aliphatic carbocycles. The Morgan fingerprint density at radius 3 is 2.47 bits per heavy atom. The number of aromatic nitrogens is 1. The van der Waals surface area contributed by atoms with Gasteiger partial charge in [0.1, 0.15) is 23.5 Å². The number of carbonyl (C=O) groups excluding carboxylic acids is 2. The van der Waals surface area contributed by atoms with Crippen LogP contribution in [0.4, 0.5) is 20.3 Å². The van der Waals surface area contributed by atoms with E-state index in [0.717, 1.165) is 37.7 Å². The van der Waals surface area contributed by atoms with Gasteiger partial charge in [0.25, 0.3) is 0 Å². The number of benzene rings is 2. The van der Waals surface area contributed by atoms with Gasteiger partial charge < -0.3 is 10.6 Å². The molecule has 36 heavy (non-hydrogen) atoms. The Morgan fingerprint density at radius 1 is 1.00 bits per heavy atom. The molecule has 4 rings (SSSR count). The predicted molar refractivity (Wildman–Crippen MR) is 136 cm³/mol. The first-order valence-corrected chi connectivity index (χ1v) is 12.2. The molecule has 0 spiro atoms. The smallest absolute Gasteiger partial charge is 0.248 e. The van der Waals surface area contributed by atoms with Gasteiger partial charge in [0.2, 0.25) is 11.8 Å². The van der Waals surface area contributed by atoms with Gasteiger partial charge in [0.05, 0.1) is 6.54 Å². The number of anilines is 2. The summed E-state index contributed by atoms with van der Waals surface area (Å²) in [6.07, 6.45) is 6.27. The Balaban J connectivity index is 1.71. The van der Waals surface area contributed by atoms with Crippen LogP contribution in [0.5, 0.6) is 0 Å². The lowest BCUT2D eigenvalue weighted by atomic mass is 9.93. The lowest BCUT2D eigenvalue weighted by molar-refractivity contribution is -0.126. The minimum Gasteiger partial charge on any atom is -0.361 e. The Bertz CT molecular complexity index is 1210. The van der Waals surface area contributed by atoms with Gasteiger partial charge in [-0.05, 0) is 55.2 Å². The van der Waals surface area contributed by atoms with E-state index in [9.17, 15) is 18.4 Å². The highest BCUT2D eigenvalue weighted by molar-refractivity contribution is 6.03. The fourth-order valence-corrected chi connectivity index (χ4v) is 4.63. The van der Waals surface area contributed by atoms with Crippen LogP contribution < -0.4 is 15.5 Å². The number of rotatable bonds is 8. The number of hydrogen-bond acceptors (Lipinski definition) is 4. The predicted octanol–water partition coefficient (Wildman–Crippen LogP) is 5.30. The van der Waals surface area contributed by atoms with Gasteiger partial charge in [-0.1, -0.05) is 49.6 Å². The highest BCUT2D eigenvalue weighted by Crippen LogP contribution is 2.31.